The van der Waals surface area contributed by atoms with Crippen LogP contribution >= 0.6 is 11.8 Å². The van der Waals surface area contributed by atoms with Gasteiger partial charge >= 0.3 is 0 Å². The lowest BCUT2D eigenvalue weighted by molar-refractivity contribution is -0.116. The molecule has 2 aromatic carbocycles. The molecule has 9 nitrogen and oxygen atoms in total. The van der Waals surface area contributed by atoms with Crippen molar-refractivity contribution in [3.63, 3.8) is 0 Å². The van der Waals surface area contributed by atoms with Gasteiger partial charge in [-0.25, -0.2) is 0 Å². The summed E-state index contributed by atoms with van der Waals surface area (Å²) in [6, 6.07) is 15.0. The van der Waals surface area contributed by atoms with E-state index >= 15 is 0 Å². The summed E-state index contributed by atoms with van der Waals surface area (Å²) in [7, 11) is 0. The van der Waals surface area contributed by atoms with Crippen LogP contribution in [0.1, 0.15) is 34.1 Å². The highest BCUT2D eigenvalue weighted by atomic mass is 32.2. The van der Waals surface area contributed by atoms with Crippen LogP contribution < -0.4 is 10.6 Å². The summed E-state index contributed by atoms with van der Waals surface area (Å²) in [5.41, 5.74) is 2.21. The van der Waals surface area contributed by atoms with E-state index in [1.807, 2.05) is 42.5 Å². The van der Waals surface area contributed by atoms with Crippen LogP contribution in [-0.4, -0.2) is 59.7 Å². The predicted octanol–water partition coefficient (Wildman–Crippen LogP) is 3.26. The molecule has 2 N–H and O–H groups in total. The molecule has 1 aliphatic rings. The van der Waals surface area contributed by atoms with Gasteiger partial charge in [0.25, 0.3) is 5.91 Å². The first-order valence-corrected chi connectivity index (χ1v) is 12.5. The van der Waals surface area contributed by atoms with E-state index in [0.29, 0.717) is 42.5 Å². The van der Waals surface area contributed by atoms with Crippen LogP contribution in [0.25, 0.3) is 0 Å². The lowest BCUT2D eigenvalue weighted by Gasteiger charge is -2.26. The Morgan fingerprint density at radius 2 is 1.94 bits per heavy atom. The van der Waals surface area contributed by atoms with Crippen molar-refractivity contribution >= 4 is 29.3 Å². The van der Waals surface area contributed by atoms with Crippen LogP contribution in [0.4, 0.5) is 5.69 Å². The number of hydrogen-bond acceptors (Lipinski definition) is 8. The molecule has 35 heavy (non-hydrogen) atoms. The number of carbonyl (C=O) groups excluding carboxylic acids is 2. The normalized spacial score (nSPS) is 14.0. The fourth-order valence-electron chi connectivity index (χ4n) is 3.67. The van der Waals surface area contributed by atoms with E-state index in [2.05, 4.69) is 25.7 Å². The number of amides is 2. The third-order valence-electron chi connectivity index (χ3n) is 5.48. The number of carbonyl (C=O) groups is 2. The SMILES string of the molecule is Cc1nc(CSc2ccccc2C(=O)NCc2cccc(NC(=O)CCN3CCOCC3)c2)no1. The molecule has 1 saturated heterocycles. The average molecular weight is 496 g/mol. The molecule has 0 spiro atoms. The van der Waals surface area contributed by atoms with Crippen LogP contribution in [0, 0.1) is 6.92 Å². The molecule has 1 aliphatic heterocycles. The van der Waals surface area contributed by atoms with Crippen LogP contribution in [0.15, 0.2) is 57.9 Å². The van der Waals surface area contributed by atoms with Crippen molar-refractivity contribution in [3.05, 3.63) is 71.4 Å². The van der Waals surface area contributed by atoms with Gasteiger partial charge in [-0.2, -0.15) is 4.98 Å². The van der Waals surface area contributed by atoms with Gasteiger partial charge in [0.2, 0.25) is 11.8 Å². The molecular weight excluding hydrogens is 466 g/mol. The molecule has 3 aromatic rings. The minimum Gasteiger partial charge on any atom is -0.379 e. The minimum atomic E-state index is -0.169. The van der Waals surface area contributed by atoms with E-state index in [4.69, 9.17) is 9.26 Å². The quantitative estimate of drug-likeness (QED) is 0.413. The Labute approximate surface area is 208 Å². The van der Waals surface area contributed by atoms with E-state index in [-0.39, 0.29) is 11.8 Å². The van der Waals surface area contributed by atoms with Gasteiger partial charge in [-0.05, 0) is 29.8 Å². The monoisotopic (exact) mass is 495 g/mol. The Morgan fingerprint density at radius 3 is 2.74 bits per heavy atom. The maximum Gasteiger partial charge on any atom is 0.252 e. The molecule has 0 radical (unpaired) electrons. The second-order valence-corrected chi connectivity index (χ2v) is 9.17. The molecule has 4 rings (SSSR count). The van der Waals surface area contributed by atoms with Crippen LogP contribution in [0.2, 0.25) is 0 Å². The molecule has 1 fully saturated rings. The average Bonchev–Trinajstić information content (AvgIpc) is 3.31. The van der Waals surface area contributed by atoms with Gasteiger partial charge in [-0.15, -0.1) is 11.8 Å². The zero-order chi connectivity index (χ0) is 24.5. The summed E-state index contributed by atoms with van der Waals surface area (Å²) < 4.78 is 10.3. The van der Waals surface area contributed by atoms with Gasteiger partial charge < -0.3 is 19.9 Å². The van der Waals surface area contributed by atoms with Crippen molar-refractivity contribution in [2.24, 2.45) is 0 Å². The molecule has 0 bridgehead atoms. The number of thioether (sulfide) groups is 1. The summed E-state index contributed by atoms with van der Waals surface area (Å²) in [6.45, 7) is 5.97. The number of ether oxygens (including phenoxy) is 1. The van der Waals surface area contributed by atoms with E-state index in [0.717, 1.165) is 42.4 Å². The zero-order valence-corrected chi connectivity index (χ0v) is 20.5. The van der Waals surface area contributed by atoms with Gasteiger partial charge in [0.05, 0.1) is 24.5 Å². The Kier molecular flexibility index (Phi) is 8.88. The minimum absolute atomic E-state index is 0.0274. The third kappa shape index (κ3) is 7.64. The Bertz CT molecular complexity index is 1150. The Morgan fingerprint density at radius 1 is 1.11 bits per heavy atom. The molecule has 10 heteroatoms. The standard InChI is InChI=1S/C25H29N5O4S/c1-18-27-23(29-34-18)17-35-22-8-3-2-7-21(22)25(32)26-16-19-5-4-6-20(15-19)28-24(31)9-10-30-11-13-33-14-12-30/h2-8,15H,9-14,16-17H2,1H3,(H,26,32)(H,28,31). The Hall–Kier alpha value is -3.21. The molecule has 184 valence electrons. The smallest absolute Gasteiger partial charge is 0.252 e. The highest BCUT2D eigenvalue weighted by Gasteiger charge is 2.14. The molecule has 0 saturated carbocycles. The maximum atomic E-state index is 12.9. The molecule has 2 amide bonds. The second kappa shape index (κ2) is 12.5. The molecule has 0 unspecified atom stereocenters. The number of benzene rings is 2. The summed E-state index contributed by atoms with van der Waals surface area (Å²) in [6.07, 6.45) is 0.429. The zero-order valence-electron chi connectivity index (χ0n) is 19.7. The van der Waals surface area contributed by atoms with Crippen LogP contribution in [-0.2, 0) is 21.8 Å². The summed E-state index contributed by atoms with van der Waals surface area (Å²) >= 11 is 1.48. The summed E-state index contributed by atoms with van der Waals surface area (Å²) in [5, 5.41) is 9.83. The Balaban J connectivity index is 1.28. The highest BCUT2D eigenvalue weighted by Crippen LogP contribution is 2.25. The fourth-order valence-corrected chi connectivity index (χ4v) is 4.56. The van der Waals surface area contributed by atoms with Gasteiger partial charge in [-0.1, -0.05) is 29.4 Å². The lowest BCUT2D eigenvalue weighted by Crippen LogP contribution is -2.38. The molecule has 1 aromatic heterocycles. The van der Waals surface area contributed by atoms with E-state index in [1.165, 1.54) is 11.8 Å². The van der Waals surface area contributed by atoms with Gasteiger partial charge in [0.15, 0.2) is 5.82 Å². The number of rotatable bonds is 10. The molecule has 0 aliphatic carbocycles. The summed E-state index contributed by atoms with van der Waals surface area (Å²) in [5.74, 6) is 1.42. The van der Waals surface area contributed by atoms with E-state index in [1.54, 1.807) is 13.0 Å². The van der Waals surface area contributed by atoms with Crippen molar-refractivity contribution in [1.82, 2.24) is 20.4 Å². The second-order valence-electron chi connectivity index (χ2n) is 8.15. The van der Waals surface area contributed by atoms with Crippen molar-refractivity contribution in [2.45, 2.75) is 30.5 Å². The van der Waals surface area contributed by atoms with E-state index in [9.17, 15) is 9.59 Å². The largest absolute Gasteiger partial charge is 0.379 e. The predicted molar refractivity (Wildman–Crippen MR) is 133 cm³/mol. The van der Waals surface area contributed by atoms with Crippen molar-refractivity contribution in [1.29, 1.82) is 0 Å². The third-order valence-corrected chi connectivity index (χ3v) is 6.55. The fraction of sp³-hybridized carbons (Fsp3) is 0.360. The first kappa shape index (κ1) is 24.9. The summed E-state index contributed by atoms with van der Waals surface area (Å²) in [4.78, 5) is 32.5. The first-order valence-electron chi connectivity index (χ1n) is 11.5. The molecule has 2 heterocycles. The lowest BCUT2D eigenvalue weighted by atomic mass is 10.1. The number of morpholine rings is 1. The van der Waals surface area contributed by atoms with Crippen LogP contribution in [0.5, 0.6) is 0 Å². The van der Waals surface area contributed by atoms with Crippen molar-refractivity contribution in [3.8, 4) is 0 Å². The number of nitrogens with one attached hydrogen (secondary N) is 2. The molecule has 0 atom stereocenters. The van der Waals surface area contributed by atoms with Gasteiger partial charge in [0.1, 0.15) is 0 Å². The first-order chi connectivity index (χ1) is 17.1. The van der Waals surface area contributed by atoms with Gasteiger partial charge in [-0.3, -0.25) is 14.5 Å². The number of aryl methyl sites for hydroxylation is 1. The topological polar surface area (TPSA) is 110 Å². The van der Waals surface area contributed by atoms with Crippen molar-refractivity contribution < 1.29 is 18.8 Å². The number of aromatic nitrogens is 2. The van der Waals surface area contributed by atoms with Crippen LogP contribution in [0.3, 0.4) is 0 Å². The maximum absolute atomic E-state index is 12.9. The van der Waals surface area contributed by atoms with Crippen molar-refractivity contribution in [2.75, 3.05) is 38.2 Å². The number of hydrogen-bond donors (Lipinski definition) is 2. The van der Waals surface area contributed by atoms with Gasteiger partial charge in [0, 0.05) is 50.1 Å². The number of anilines is 1. The molecular formula is C25H29N5O4S. The highest BCUT2D eigenvalue weighted by molar-refractivity contribution is 7.98. The number of nitrogens with zero attached hydrogens (tertiary/aromatic N) is 3. The van der Waals surface area contributed by atoms with E-state index < -0.39 is 0 Å².